The molecule has 1 aromatic heterocycles. The molecule has 0 saturated heterocycles. The standard InChI is InChI=1S/C16H27N3O/c17-15-8-4-5-9-16(15)20-12-13-10-11-19(18-13)14-6-2-1-3-7-14/h10-11,14-16H,1-9,12,17H2. The molecule has 2 atom stereocenters. The van der Waals surface area contributed by atoms with Crippen LogP contribution in [0.5, 0.6) is 0 Å². The second kappa shape index (κ2) is 6.72. The second-order valence-corrected chi connectivity index (χ2v) is 6.38. The Labute approximate surface area is 121 Å². The van der Waals surface area contributed by atoms with Crippen molar-refractivity contribution in [1.29, 1.82) is 0 Å². The van der Waals surface area contributed by atoms with Gasteiger partial charge in [-0.1, -0.05) is 32.1 Å². The summed E-state index contributed by atoms with van der Waals surface area (Å²) >= 11 is 0. The van der Waals surface area contributed by atoms with Crippen molar-refractivity contribution in [2.24, 2.45) is 5.73 Å². The van der Waals surface area contributed by atoms with E-state index in [2.05, 4.69) is 16.9 Å². The maximum atomic E-state index is 6.11. The Morgan fingerprint density at radius 3 is 2.65 bits per heavy atom. The topological polar surface area (TPSA) is 53.1 Å². The molecule has 20 heavy (non-hydrogen) atoms. The van der Waals surface area contributed by atoms with E-state index in [1.807, 2.05) is 0 Å². The van der Waals surface area contributed by atoms with E-state index >= 15 is 0 Å². The van der Waals surface area contributed by atoms with E-state index in [1.165, 1.54) is 44.9 Å². The first kappa shape index (κ1) is 14.1. The maximum Gasteiger partial charge on any atom is 0.0911 e. The van der Waals surface area contributed by atoms with Gasteiger partial charge in [0.2, 0.25) is 0 Å². The van der Waals surface area contributed by atoms with Crippen LogP contribution in [0.15, 0.2) is 12.3 Å². The number of hydrogen-bond acceptors (Lipinski definition) is 3. The fraction of sp³-hybridized carbons (Fsp3) is 0.812. The Morgan fingerprint density at radius 2 is 1.85 bits per heavy atom. The summed E-state index contributed by atoms with van der Waals surface area (Å²) in [6, 6.07) is 2.92. The highest BCUT2D eigenvalue weighted by Crippen LogP contribution is 2.27. The molecule has 0 spiro atoms. The molecule has 0 aromatic carbocycles. The molecular formula is C16H27N3O. The number of nitrogens with zero attached hydrogens (tertiary/aromatic N) is 2. The Balaban J connectivity index is 1.51. The average Bonchev–Trinajstić information content (AvgIpc) is 2.96. The van der Waals surface area contributed by atoms with Crippen LogP contribution in [-0.2, 0) is 11.3 Å². The lowest BCUT2D eigenvalue weighted by Crippen LogP contribution is -2.39. The first-order valence-electron chi connectivity index (χ1n) is 8.24. The first-order chi connectivity index (χ1) is 9.83. The minimum Gasteiger partial charge on any atom is -0.370 e. The molecule has 4 heteroatoms. The van der Waals surface area contributed by atoms with Crippen LogP contribution >= 0.6 is 0 Å². The van der Waals surface area contributed by atoms with E-state index in [-0.39, 0.29) is 12.1 Å². The van der Waals surface area contributed by atoms with Gasteiger partial charge < -0.3 is 10.5 Å². The van der Waals surface area contributed by atoms with Gasteiger partial charge in [0.05, 0.1) is 24.4 Å². The fourth-order valence-corrected chi connectivity index (χ4v) is 3.53. The SMILES string of the molecule is NC1CCCCC1OCc1ccn(C2CCCCC2)n1. The summed E-state index contributed by atoms with van der Waals surface area (Å²) in [6.45, 7) is 0.609. The zero-order valence-corrected chi connectivity index (χ0v) is 12.3. The second-order valence-electron chi connectivity index (χ2n) is 6.38. The van der Waals surface area contributed by atoms with Crippen LogP contribution in [-0.4, -0.2) is 21.9 Å². The number of hydrogen-bond donors (Lipinski definition) is 1. The molecule has 2 unspecified atom stereocenters. The summed E-state index contributed by atoms with van der Waals surface area (Å²) in [5.74, 6) is 0. The molecule has 0 radical (unpaired) electrons. The third-order valence-electron chi connectivity index (χ3n) is 4.81. The van der Waals surface area contributed by atoms with Crippen molar-refractivity contribution < 1.29 is 4.74 Å². The Kier molecular flexibility index (Phi) is 4.73. The van der Waals surface area contributed by atoms with Crippen molar-refractivity contribution in [3.05, 3.63) is 18.0 Å². The molecule has 2 saturated carbocycles. The van der Waals surface area contributed by atoms with Crippen LogP contribution in [0.1, 0.15) is 69.5 Å². The summed E-state index contributed by atoms with van der Waals surface area (Å²) in [5, 5.41) is 4.69. The molecule has 2 fully saturated rings. The van der Waals surface area contributed by atoms with E-state index in [1.54, 1.807) is 0 Å². The minimum atomic E-state index is 0.212. The van der Waals surface area contributed by atoms with Gasteiger partial charge in [0.1, 0.15) is 0 Å². The smallest absolute Gasteiger partial charge is 0.0911 e. The summed E-state index contributed by atoms with van der Waals surface area (Å²) in [4.78, 5) is 0. The highest BCUT2D eigenvalue weighted by Gasteiger charge is 2.22. The quantitative estimate of drug-likeness (QED) is 0.919. The van der Waals surface area contributed by atoms with Crippen LogP contribution in [0.3, 0.4) is 0 Å². The third-order valence-corrected chi connectivity index (χ3v) is 4.81. The van der Waals surface area contributed by atoms with Gasteiger partial charge in [-0.25, -0.2) is 0 Å². The predicted octanol–water partition coefficient (Wildman–Crippen LogP) is 3.17. The number of aromatic nitrogens is 2. The van der Waals surface area contributed by atoms with Crippen molar-refractivity contribution in [3.8, 4) is 0 Å². The zero-order valence-electron chi connectivity index (χ0n) is 12.3. The minimum absolute atomic E-state index is 0.212. The van der Waals surface area contributed by atoms with Crippen LogP contribution in [0.4, 0.5) is 0 Å². The van der Waals surface area contributed by atoms with Crippen molar-refractivity contribution in [2.45, 2.75) is 82.6 Å². The van der Waals surface area contributed by atoms with Gasteiger partial charge in [-0.15, -0.1) is 0 Å². The van der Waals surface area contributed by atoms with Crippen LogP contribution in [0, 0.1) is 0 Å². The predicted molar refractivity (Wildman–Crippen MR) is 79.4 cm³/mol. The van der Waals surface area contributed by atoms with Crippen molar-refractivity contribution in [2.75, 3.05) is 0 Å². The van der Waals surface area contributed by atoms with Gasteiger partial charge in [0, 0.05) is 12.2 Å². The monoisotopic (exact) mass is 277 g/mol. The Bertz CT molecular complexity index is 412. The Hall–Kier alpha value is -0.870. The van der Waals surface area contributed by atoms with E-state index in [0.717, 1.165) is 18.5 Å². The first-order valence-corrected chi connectivity index (χ1v) is 8.24. The van der Waals surface area contributed by atoms with Crippen LogP contribution in [0.2, 0.25) is 0 Å². The van der Waals surface area contributed by atoms with Gasteiger partial charge >= 0.3 is 0 Å². The normalized spacial score (nSPS) is 28.6. The van der Waals surface area contributed by atoms with Crippen LogP contribution in [0.25, 0.3) is 0 Å². The van der Waals surface area contributed by atoms with Gasteiger partial charge in [-0.2, -0.15) is 5.10 Å². The number of ether oxygens (including phenoxy) is 1. The van der Waals surface area contributed by atoms with Crippen molar-refractivity contribution >= 4 is 0 Å². The van der Waals surface area contributed by atoms with E-state index in [4.69, 9.17) is 15.6 Å². The van der Waals surface area contributed by atoms with Crippen molar-refractivity contribution in [3.63, 3.8) is 0 Å². The molecule has 112 valence electrons. The molecule has 0 aliphatic heterocycles. The third kappa shape index (κ3) is 3.41. The lowest BCUT2D eigenvalue weighted by molar-refractivity contribution is 0.00226. The van der Waals surface area contributed by atoms with Gasteiger partial charge in [0.25, 0.3) is 0 Å². The highest BCUT2D eigenvalue weighted by atomic mass is 16.5. The van der Waals surface area contributed by atoms with Crippen molar-refractivity contribution in [1.82, 2.24) is 9.78 Å². The maximum absolute atomic E-state index is 6.11. The fourth-order valence-electron chi connectivity index (χ4n) is 3.53. The number of nitrogens with two attached hydrogens (primary N) is 1. The molecule has 1 aromatic rings. The molecule has 2 N–H and O–H groups in total. The van der Waals surface area contributed by atoms with Gasteiger partial charge in [-0.05, 0) is 31.7 Å². The molecule has 0 bridgehead atoms. The lowest BCUT2D eigenvalue weighted by atomic mass is 9.93. The molecule has 1 heterocycles. The molecule has 4 nitrogen and oxygen atoms in total. The van der Waals surface area contributed by atoms with Gasteiger partial charge in [0.15, 0.2) is 0 Å². The largest absolute Gasteiger partial charge is 0.370 e. The molecule has 3 rings (SSSR count). The zero-order chi connectivity index (χ0) is 13.8. The molecule has 2 aliphatic rings. The number of rotatable bonds is 4. The summed E-state index contributed by atoms with van der Waals surface area (Å²) in [5.41, 5.74) is 7.16. The average molecular weight is 277 g/mol. The lowest BCUT2D eigenvalue weighted by Gasteiger charge is -2.28. The highest BCUT2D eigenvalue weighted by molar-refractivity contribution is 4.99. The van der Waals surface area contributed by atoms with E-state index in [0.29, 0.717) is 12.6 Å². The summed E-state index contributed by atoms with van der Waals surface area (Å²) < 4.78 is 8.13. The van der Waals surface area contributed by atoms with Gasteiger partial charge in [-0.3, -0.25) is 4.68 Å². The summed E-state index contributed by atoms with van der Waals surface area (Å²) in [6.07, 6.45) is 13.6. The Morgan fingerprint density at radius 1 is 1.10 bits per heavy atom. The van der Waals surface area contributed by atoms with E-state index < -0.39 is 0 Å². The molecule has 0 amide bonds. The van der Waals surface area contributed by atoms with E-state index in [9.17, 15) is 0 Å². The molecular weight excluding hydrogens is 250 g/mol. The van der Waals surface area contributed by atoms with Crippen LogP contribution < -0.4 is 5.73 Å². The summed E-state index contributed by atoms with van der Waals surface area (Å²) in [7, 11) is 0. The molecule has 2 aliphatic carbocycles.